The molecular formula is C19H32N2. The summed E-state index contributed by atoms with van der Waals surface area (Å²) in [7, 11) is 0. The molecular weight excluding hydrogens is 256 g/mol. The van der Waals surface area contributed by atoms with E-state index in [-0.39, 0.29) is 0 Å². The van der Waals surface area contributed by atoms with E-state index in [0.29, 0.717) is 11.5 Å². The molecule has 1 aromatic rings. The van der Waals surface area contributed by atoms with Crippen molar-refractivity contribution in [2.75, 3.05) is 24.5 Å². The minimum atomic E-state index is 0.423. The lowest BCUT2D eigenvalue weighted by atomic mass is 9.75. The molecule has 1 fully saturated rings. The van der Waals surface area contributed by atoms with Crippen molar-refractivity contribution >= 4 is 5.69 Å². The summed E-state index contributed by atoms with van der Waals surface area (Å²) < 4.78 is 0. The molecule has 2 rings (SSSR count). The van der Waals surface area contributed by atoms with Crippen LogP contribution in [0.5, 0.6) is 0 Å². The first-order valence-electron chi connectivity index (χ1n) is 8.50. The molecule has 2 nitrogen and oxygen atoms in total. The third-order valence-electron chi connectivity index (χ3n) is 4.97. The van der Waals surface area contributed by atoms with Gasteiger partial charge in [0.1, 0.15) is 0 Å². The maximum atomic E-state index is 3.55. The van der Waals surface area contributed by atoms with Gasteiger partial charge in [-0.05, 0) is 49.3 Å². The average Bonchev–Trinajstić information content (AvgIpc) is 2.47. The van der Waals surface area contributed by atoms with Gasteiger partial charge in [0.05, 0.1) is 0 Å². The third kappa shape index (κ3) is 4.00. The monoisotopic (exact) mass is 288 g/mol. The molecule has 0 radical (unpaired) electrons. The number of piperidine rings is 1. The van der Waals surface area contributed by atoms with Crippen LogP contribution in [0, 0.1) is 11.3 Å². The van der Waals surface area contributed by atoms with Crippen LogP contribution < -0.4 is 10.2 Å². The Morgan fingerprint density at radius 2 is 1.81 bits per heavy atom. The normalized spacial score (nSPS) is 18.8. The molecule has 0 bridgehead atoms. The van der Waals surface area contributed by atoms with E-state index in [1.807, 2.05) is 0 Å². The fourth-order valence-electron chi connectivity index (χ4n) is 3.54. The molecule has 0 aliphatic carbocycles. The van der Waals surface area contributed by atoms with Crippen LogP contribution in [0.3, 0.4) is 0 Å². The van der Waals surface area contributed by atoms with E-state index in [0.717, 1.165) is 12.5 Å². The Morgan fingerprint density at radius 1 is 1.19 bits per heavy atom. The van der Waals surface area contributed by atoms with Crippen molar-refractivity contribution in [1.29, 1.82) is 0 Å². The molecule has 118 valence electrons. The molecule has 0 aromatic heterocycles. The van der Waals surface area contributed by atoms with Crippen LogP contribution in [-0.4, -0.2) is 19.6 Å². The molecule has 1 aromatic carbocycles. The lowest BCUT2D eigenvalue weighted by molar-refractivity contribution is 0.199. The van der Waals surface area contributed by atoms with Gasteiger partial charge in [-0.1, -0.05) is 45.9 Å². The molecule has 0 saturated carbocycles. The quantitative estimate of drug-likeness (QED) is 0.869. The summed E-state index contributed by atoms with van der Waals surface area (Å²) in [5.74, 6) is 0.854. The summed E-state index contributed by atoms with van der Waals surface area (Å²) in [6.07, 6.45) is 2.63. The van der Waals surface area contributed by atoms with Gasteiger partial charge in [-0.3, -0.25) is 0 Å². The summed E-state index contributed by atoms with van der Waals surface area (Å²) >= 11 is 0. The van der Waals surface area contributed by atoms with Crippen LogP contribution >= 0.6 is 0 Å². The second-order valence-corrected chi connectivity index (χ2v) is 7.47. The van der Waals surface area contributed by atoms with E-state index in [2.05, 4.69) is 69.1 Å². The van der Waals surface area contributed by atoms with Gasteiger partial charge < -0.3 is 10.2 Å². The van der Waals surface area contributed by atoms with Crippen LogP contribution in [0.25, 0.3) is 0 Å². The van der Waals surface area contributed by atoms with Crippen molar-refractivity contribution in [3.8, 4) is 0 Å². The van der Waals surface area contributed by atoms with Gasteiger partial charge in [0.25, 0.3) is 0 Å². The standard InChI is InChI=1S/C19H32N2/c1-6-20-15(2)17-9-7-8-10-18(17)21-13-11-16(12-14-21)19(3,4)5/h7-10,15-16,20H,6,11-14H2,1-5H3. The first-order chi connectivity index (χ1) is 9.93. The van der Waals surface area contributed by atoms with Gasteiger partial charge in [0.15, 0.2) is 0 Å². The minimum Gasteiger partial charge on any atom is -0.371 e. The van der Waals surface area contributed by atoms with Crippen LogP contribution in [0.4, 0.5) is 5.69 Å². The Labute approximate surface area is 130 Å². The van der Waals surface area contributed by atoms with Crippen LogP contribution in [0.15, 0.2) is 24.3 Å². The highest BCUT2D eigenvalue weighted by Crippen LogP contribution is 2.37. The van der Waals surface area contributed by atoms with E-state index in [4.69, 9.17) is 0 Å². The van der Waals surface area contributed by atoms with E-state index in [9.17, 15) is 0 Å². The highest BCUT2D eigenvalue weighted by Gasteiger charge is 2.29. The smallest absolute Gasteiger partial charge is 0.0414 e. The van der Waals surface area contributed by atoms with E-state index in [1.165, 1.54) is 37.2 Å². The Kier molecular flexibility index (Phi) is 5.32. The maximum absolute atomic E-state index is 3.55. The van der Waals surface area contributed by atoms with Gasteiger partial charge >= 0.3 is 0 Å². The lowest BCUT2D eigenvalue weighted by Crippen LogP contribution is -2.38. The summed E-state index contributed by atoms with van der Waals surface area (Å²) in [6.45, 7) is 15.0. The second kappa shape index (κ2) is 6.83. The summed E-state index contributed by atoms with van der Waals surface area (Å²) in [5.41, 5.74) is 3.31. The van der Waals surface area contributed by atoms with Crippen molar-refractivity contribution < 1.29 is 0 Å². The van der Waals surface area contributed by atoms with E-state index >= 15 is 0 Å². The Hall–Kier alpha value is -1.02. The molecule has 1 aliphatic rings. The van der Waals surface area contributed by atoms with Crippen molar-refractivity contribution in [3.63, 3.8) is 0 Å². The summed E-state index contributed by atoms with van der Waals surface area (Å²) in [4.78, 5) is 2.59. The second-order valence-electron chi connectivity index (χ2n) is 7.47. The van der Waals surface area contributed by atoms with Gasteiger partial charge in [0.2, 0.25) is 0 Å². The number of para-hydroxylation sites is 1. The van der Waals surface area contributed by atoms with Gasteiger partial charge in [-0.15, -0.1) is 0 Å². The van der Waals surface area contributed by atoms with Crippen molar-refractivity contribution in [2.45, 2.75) is 53.5 Å². The molecule has 1 heterocycles. The van der Waals surface area contributed by atoms with Crippen LogP contribution in [0.2, 0.25) is 0 Å². The molecule has 1 saturated heterocycles. The molecule has 0 amide bonds. The zero-order valence-electron chi connectivity index (χ0n) is 14.4. The van der Waals surface area contributed by atoms with Crippen LogP contribution in [0.1, 0.15) is 59.1 Å². The van der Waals surface area contributed by atoms with Crippen molar-refractivity contribution in [2.24, 2.45) is 11.3 Å². The average molecular weight is 288 g/mol. The lowest BCUT2D eigenvalue weighted by Gasteiger charge is -2.40. The molecule has 0 spiro atoms. The first kappa shape index (κ1) is 16.4. The van der Waals surface area contributed by atoms with E-state index in [1.54, 1.807) is 0 Å². The fraction of sp³-hybridized carbons (Fsp3) is 0.684. The largest absolute Gasteiger partial charge is 0.371 e. The van der Waals surface area contributed by atoms with Gasteiger partial charge in [-0.25, -0.2) is 0 Å². The molecule has 1 N–H and O–H groups in total. The molecule has 1 atom stereocenters. The number of hydrogen-bond donors (Lipinski definition) is 1. The number of nitrogens with zero attached hydrogens (tertiary/aromatic N) is 1. The van der Waals surface area contributed by atoms with Gasteiger partial charge in [0, 0.05) is 24.8 Å². The molecule has 2 heteroatoms. The highest BCUT2D eigenvalue weighted by atomic mass is 15.1. The number of benzene rings is 1. The molecule has 1 unspecified atom stereocenters. The molecule has 1 aliphatic heterocycles. The van der Waals surface area contributed by atoms with E-state index < -0.39 is 0 Å². The van der Waals surface area contributed by atoms with Gasteiger partial charge in [-0.2, -0.15) is 0 Å². The zero-order valence-corrected chi connectivity index (χ0v) is 14.4. The number of nitrogens with one attached hydrogen (secondary N) is 1. The minimum absolute atomic E-state index is 0.423. The topological polar surface area (TPSA) is 15.3 Å². The number of hydrogen-bond acceptors (Lipinski definition) is 2. The SMILES string of the molecule is CCNC(C)c1ccccc1N1CCC(C(C)(C)C)CC1. The number of rotatable bonds is 4. The fourth-order valence-corrected chi connectivity index (χ4v) is 3.54. The summed E-state index contributed by atoms with van der Waals surface area (Å²) in [6, 6.07) is 9.33. The predicted molar refractivity (Wildman–Crippen MR) is 92.9 cm³/mol. The summed E-state index contributed by atoms with van der Waals surface area (Å²) in [5, 5.41) is 3.55. The van der Waals surface area contributed by atoms with Crippen LogP contribution in [-0.2, 0) is 0 Å². The Balaban J connectivity index is 2.10. The number of anilines is 1. The highest BCUT2D eigenvalue weighted by molar-refractivity contribution is 5.55. The molecule has 21 heavy (non-hydrogen) atoms. The maximum Gasteiger partial charge on any atom is 0.0414 e. The van der Waals surface area contributed by atoms with Crippen molar-refractivity contribution in [3.05, 3.63) is 29.8 Å². The van der Waals surface area contributed by atoms with Crippen molar-refractivity contribution in [1.82, 2.24) is 5.32 Å². The predicted octanol–water partition coefficient (Wildman–Crippen LogP) is 4.62. The zero-order chi connectivity index (χ0) is 15.5. The third-order valence-corrected chi connectivity index (χ3v) is 4.97. The Morgan fingerprint density at radius 3 is 2.38 bits per heavy atom. The first-order valence-corrected chi connectivity index (χ1v) is 8.50. The Bertz CT molecular complexity index is 439.